The lowest BCUT2D eigenvalue weighted by Crippen LogP contribution is -2.52. The van der Waals surface area contributed by atoms with Gasteiger partial charge in [-0.3, -0.25) is 5.32 Å². The van der Waals surface area contributed by atoms with Crippen molar-refractivity contribution in [2.24, 2.45) is 0 Å². The Hall–Kier alpha value is -5.31. The van der Waals surface area contributed by atoms with E-state index in [1.165, 1.54) is 50.1 Å². The van der Waals surface area contributed by atoms with Crippen molar-refractivity contribution in [2.45, 2.75) is 25.6 Å². The second kappa shape index (κ2) is 12.4. The lowest BCUT2D eigenvalue weighted by molar-refractivity contribution is -0.0264. The molecule has 15 heteroatoms. The van der Waals surface area contributed by atoms with Gasteiger partial charge in [0.2, 0.25) is 11.8 Å². The van der Waals surface area contributed by atoms with E-state index in [9.17, 15) is 14.7 Å². The number of hydrogen-bond donors (Lipinski definition) is 2. The largest absolute Gasteiger partial charge is 0.482 e. The van der Waals surface area contributed by atoms with Gasteiger partial charge in [-0.25, -0.2) is 33.9 Å². The Bertz CT molecular complexity index is 1900. The number of carboxylic acid groups (broad SMARTS) is 1. The molecule has 2 unspecified atom stereocenters. The summed E-state index contributed by atoms with van der Waals surface area (Å²) in [5.41, 5.74) is 3.71. The maximum atomic E-state index is 15.4. The third-order valence-corrected chi connectivity index (χ3v) is 8.20. The molecule has 1 aliphatic heterocycles. The van der Waals surface area contributed by atoms with Crippen LogP contribution in [-0.4, -0.2) is 81.6 Å². The lowest BCUT2D eigenvalue weighted by Gasteiger charge is -2.36. The van der Waals surface area contributed by atoms with Gasteiger partial charge in [-0.1, -0.05) is 0 Å². The predicted molar refractivity (Wildman–Crippen MR) is 163 cm³/mol. The van der Waals surface area contributed by atoms with E-state index in [1.54, 1.807) is 12.1 Å². The van der Waals surface area contributed by atoms with E-state index in [2.05, 4.69) is 25.3 Å². The van der Waals surface area contributed by atoms with Crippen LogP contribution in [0, 0.1) is 12.7 Å². The Morgan fingerprint density at radius 1 is 1.02 bits per heavy atom. The molecule has 1 aliphatic rings. The molecule has 1 saturated heterocycles. The summed E-state index contributed by atoms with van der Waals surface area (Å²) < 4.78 is 37.9. The van der Waals surface area contributed by atoms with Gasteiger partial charge in [0.15, 0.2) is 17.7 Å². The highest BCUT2D eigenvalue weighted by atomic mass is 32.1. The van der Waals surface area contributed by atoms with E-state index >= 15 is 4.39 Å². The minimum atomic E-state index is -1.16. The molecule has 6 rings (SSSR count). The minimum absolute atomic E-state index is 0.107. The number of nitrogens with zero attached hydrogens (tertiary/aromatic N) is 5. The molecule has 0 aliphatic carbocycles. The van der Waals surface area contributed by atoms with Crippen molar-refractivity contribution in [3.8, 4) is 28.1 Å². The summed E-state index contributed by atoms with van der Waals surface area (Å²) >= 11 is 1.32. The standard InChI is InChI=1S/C30H27FN6O7S/c1-15-8-17(27-20(9-15)35-26(42-3)13-33-27)28-36-19-10-18(31)22(11-24(19)45-28)43-23-14-37(30(39)40)7-6-21(23)44-29(38)34-16-4-5-25(41-2)32-12-16/h4-5,8-13,21,23H,6-7,14H2,1-3H3,(H,34,38)(H,39,40). The molecule has 232 valence electrons. The highest BCUT2D eigenvalue weighted by Gasteiger charge is 2.36. The minimum Gasteiger partial charge on any atom is -0.482 e. The number of amides is 2. The average molecular weight is 635 g/mol. The Labute approximate surface area is 259 Å². The molecule has 45 heavy (non-hydrogen) atoms. The maximum Gasteiger partial charge on any atom is 0.412 e. The topological polar surface area (TPSA) is 158 Å². The van der Waals surface area contributed by atoms with Crippen LogP contribution in [0.15, 0.2) is 48.8 Å². The van der Waals surface area contributed by atoms with Gasteiger partial charge in [0.05, 0.1) is 60.1 Å². The molecule has 3 aromatic heterocycles. The molecule has 4 heterocycles. The number of thiazole rings is 1. The quantitative estimate of drug-likeness (QED) is 0.232. The molecule has 1 fully saturated rings. The number of aryl methyl sites for hydroxylation is 1. The lowest BCUT2D eigenvalue weighted by atomic mass is 10.0. The number of anilines is 1. The number of methoxy groups -OCH3 is 2. The summed E-state index contributed by atoms with van der Waals surface area (Å²) in [5, 5.41) is 12.8. The molecular weight excluding hydrogens is 607 g/mol. The van der Waals surface area contributed by atoms with Crippen molar-refractivity contribution in [3.05, 3.63) is 60.2 Å². The first-order chi connectivity index (χ1) is 21.7. The second-order valence-corrected chi connectivity index (χ2v) is 11.2. The Kier molecular flexibility index (Phi) is 8.17. The summed E-state index contributed by atoms with van der Waals surface area (Å²) in [7, 11) is 2.99. The Morgan fingerprint density at radius 3 is 2.58 bits per heavy atom. The number of hydrogen-bond acceptors (Lipinski definition) is 11. The number of carbonyl (C=O) groups is 2. The Balaban J connectivity index is 1.26. The van der Waals surface area contributed by atoms with Crippen LogP contribution >= 0.6 is 11.3 Å². The average Bonchev–Trinajstić information content (AvgIpc) is 3.43. The third-order valence-electron chi connectivity index (χ3n) is 7.15. The fraction of sp³-hybridized carbons (Fsp3) is 0.267. The smallest absolute Gasteiger partial charge is 0.412 e. The van der Waals surface area contributed by atoms with Crippen LogP contribution in [0.2, 0.25) is 0 Å². The number of benzene rings is 2. The van der Waals surface area contributed by atoms with Gasteiger partial charge in [0, 0.05) is 36.7 Å². The van der Waals surface area contributed by atoms with E-state index in [0.29, 0.717) is 43.7 Å². The van der Waals surface area contributed by atoms with Crippen LogP contribution in [0.4, 0.5) is 19.7 Å². The van der Waals surface area contributed by atoms with E-state index in [1.807, 2.05) is 19.1 Å². The zero-order valence-electron chi connectivity index (χ0n) is 24.3. The highest BCUT2D eigenvalue weighted by molar-refractivity contribution is 7.21. The molecule has 2 N–H and O–H groups in total. The molecule has 2 aromatic carbocycles. The molecular formula is C30H27FN6O7S. The van der Waals surface area contributed by atoms with Gasteiger partial charge in [0.1, 0.15) is 11.1 Å². The number of pyridine rings is 1. The summed E-state index contributed by atoms with van der Waals surface area (Å²) in [6.07, 6.45) is -0.738. The van der Waals surface area contributed by atoms with Gasteiger partial charge >= 0.3 is 12.2 Å². The van der Waals surface area contributed by atoms with E-state index in [-0.39, 0.29) is 25.3 Å². The highest BCUT2D eigenvalue weighted by Crippen LogP contribution is 2.37. The number of rotatable bonds is 7. The monoisotopic (exact) mass is 634 g/mol. The van der Waals surface area contributed by atoms with Crippen molar-refractivity contribution in [1.82, 2.24) is 24.8 Å². The first-order valence-corrected chi connectivity index (χ1v) is 14.6. The number of ether oxygens (including phenoxy) is 4. The van der Waals surface area contributed by atoms with Crippen molar-refractivity contribution in [1.29, 1.82) is 0 Å². The Morgan fingerprint density at radius 2 is 1.84 bits per heavy atom. The first-order valence-electron chi connectivity index (χ1n) is 13.7. The number of fused-ring (bicyclic) bond motifs is 2. The number of halogens is 1. The van der Waals surface area contributed by atoms with Gasteiger partial charge < -0.3 is 29.0 Å². The number of nitrogens with one attached hydrogen (secondary N) is 1. The molecule has 5 aromatic rings. The van der Waals surface area contributed by atoms with E-state index in [4.69, 9.17) is 18.9 Å². The van der Waals surface area contributed by atoms with Crippen molar-refractivity contribution >= 4 is 50.5 Å². The molecule has 0 spiro atoms. The van der Waals surface area contributed by atoms with Crippen LogP contribution in [-0.2, 0) is 4.74 Å². The zero-order valence-corrected chi connectivity index (χ0v) is 25.1. The van der Waals surface area contributed by atoms with Crippen LogP contribution in [0.1, 0.15) is 12.0 Å². The van der Waals surface area contributed by atoms with Crippen LogP contribution in [0.25, 0.3) is 31.8 Å². The molecule has 13 nitrogen and oxygen atoms in total. The number of carbonyl (C=O) groups excluding carboxylic acids is 1. The zero-order chi connectivity index (χ0) is 31.7. The van der Waals surface area contributed by atoms with Gasteiger partial charge in [-0.15, -0.1) is 11.3 Å². The van der Waals surface area contributed by atoms with Gasteiger partial charge in [0.25, 0.3) is 0 Å². The van der Waals surface area contributed by atoms with E-state index in [0.717, 1.165) is 16.0 Å². The predicted octanol–water partition coefficient (Wildman–Crippen LogP) is 5.51. The first kappa shape index (κ1) is 29.7. The molecule has 2 atom stereocenters. The molecule has 0 radical (unpaired) electrons. The third kappa shape index (κ3) is 6.33. The fourth-order valence-corrected chi connectivity index (χ4v) is 5.98. The van der Waals surface area contributed by atoms with Crippen molar-refractivity contribution in [3.63, 3.8) is 0 Å². The van der Waals surface area contributed by atoms with Crippen molar-refractivity contribution in [2.75, 3.05) is 32.6 Å². The summed E-state index contributed by atoms with van der Waals surface area (Å²) in [6.45, 7) is 1.90. The maximum absolute atomic E-state index is 15.4. The van der Waals surface area contributed by atoms with Gasteiger partial charge in [-0.05, 0) is 30.7 Å². The summed E-state index contributed by atoms with van der Waals surface area (Å²) in [5.74, 6) is -0.0641. The SMILES string of the molecule is COc1ccc(NC(=O)OC2CCN(C(=O)O)CC2Oc2cc3sc(-c4cc(C)cc5nc(OC)cnc45)nc3cc2F)cn1. The second-order valence-electron chi connectivity index (χ2n) is 10.2. The number of aromatic nitrogens is 4. The number of likely N-dealkylation sites (tertiary alicyclic amines) is 1. The van der Waals surface area contributed by atoms with Crippen LogP contribution in [0.3, 0.4) is 0 Å². The normalized spacial score (nSPS) is 16.4. The molecule has 2 amide bonds. The summed E-state index contributed by atoms with van der Waals surface area (Å²) in [4.78, 5) is 43.3. The fourth-order valence-electron chi connectivity index (χ4n) is 4.98. The number of piperidine rings is 1. The van der Waals surface area contributed by atoms with Gasteiger partial charge in [-0.2, -0.15) is 0 Å². The molecule has 0 saturated carbocycles. The summed E-state index contributed by atoms with van der Waals surface area (Å²) in [6, 6.07) is 9.76. The van der Waals surface area contributed by atoms with E-state index < -0.39 is 30.2 Å². The molecule has 0 bridgehead atoms. The van der Waals surface area contributed by atoms with Crippen LogP contribution < -0.4 is 19.5 Å². The van der Waals surface area contributed by atoms with Crippen molar-refractivity contribution < 1.29 is 38.0 Å². The van der Waals surface area contributed by atoms with Crippen LogP contribution in [0.5, 0.6) is 17.5 Å².